The number of carbonyl (C=O) groups is 2. The number of imidazole rings is 1. The van der Waals surface area contributed by atoms with E-state index in [4.69, 9.17) is 4.74 Å². The quantitative estimate of drug-likeness (QED) is 0.631. The van der Waals surface area contributed by atoms with Gasteiger partial charge in [0.2, 0.25) is 5.95 Å². The van der Waals surface area contributed by atoms with Crippen LogP contribution in [0.4, 0.5) is 11.6 Å². The van der Waals surface area contributed by atoms with Gasteiger partial charge in [-0.3, -0.25) is 14.9 Å². The van der Waals surface area contributed by atoms with Crippen molar-refractivity contribution >= 4 is 34.5 Å². The molecule has 1 aliphatic heterocycles. The fourth-order valence-electron chi connectivity index (χ4n) is 2.56. The number of amides is 2. The lowest BCUT2D eigenvalue weighted by atomic mass is 10.0. The van der Waals surface area contributed by atoms with E-state index in [9.17, 15) is 9.59 Å². The summed E-state index contributed by atoms with van der Waals surface area (Å²) in [6, 6.07) is 14.3. The van der Waals surface area contributed by atoms with Crippen LogP contribution in [0.3, 0.4) is 0 Å². The van der Waals surface area contributed by atoms with Crippen LogP contribution in [0.15, 0.2) is 48.5 Å². The lowest BCUT2D eigenvalue weighted by Crippen LogP contribution is -2.56. The van der Waals surface area contributed by atoms with Crippen molar-refractivity contribution < 1.29 is 14.3 Å². The highest BCUT2D eigenvalue weighted by atomic mass is 16.5. The molecule has 7 nitrogen and oxygen atoms in total. The van der Waals surface area contributed by atoms with Crippen LogP contribution in [0.2, 0.25) is 0 Å². The first-order chi connectivity index (χ1) is 11.6. The molecule has 7 heteroatoms. The monoisotopic (exact) mass is 322 g/mol. The Kier molecular flexibility index (Phi) is 3.02. The molecule has 120 valence electrons. The van der Waals surface area contributed by atoms with Gasteiger partial charge in [0.15, 0.2) is 0 Å². The number of para-hydroxylation sites is 4. The van der Waals surface area contributed by atoms with Crippen molar-refractivity contribution in [1.29, 1.82) is 0 Å². The highest BCUT2D eigenvalue weighted by Gasteiger charge is 2.47. The van der Waals surface area contributed by atoms with Gasteiger partial charge in [0, 0.05) is 0 Å². The van der Waals surface area contributed by atoms with Gasteiger partial charge >= 0.3 is 0 Å². The molecule has 0 fully saturated rings. The maximum Gasteiger partial charge on any atom is 0.280 e. The van der Waals surface area contributed by atoms with Crippen molar-refractivity contribution in [2.45, 2.75) is 12.5 Å². The minimum Gasteiger partial charge on any atom is -0.466 e. The Morgan fingerprint density at radius 2 is 1.92 bits per heavy atom. The Morgan fingerprint density at radius 3 is 2.75 bits per heavy atom. The van der Waals surface area contributed by atoms with Crippen LogP contribution in [0.25, 0.3) is 11.0 Å². The summed E-state index contributed by atoms with van der Waals surface area (Å²) in [5, 5.41) is 5.30. The number of nitrogens with zero attached hydrogens (tertiary/aromatic N) is 1. The molecule has 1 atom stereocenters. The average molecular weight is 322 g/mol. The Labute approximate surface area is 137 Å². The average Bonchev–Trinajstić information content (AvgIpc) is 2.98. The fraction of sp³-hybridized carbons (Fsp3) is 0.118. The van der Waals surface area contributed by atoms with Crippen molar-refractivity contribution in [3.63, 3.8) is 0 Å². The third-order valence-electron chi connectivity index (χ3n) is 3.94. The number of aromatic nitrogens is 2. The number of hydrogen-bond acceptors (Lipinski definition) is 4. The minimum atomic E-state index is -1.69. The van der Waals surface area contributed by atoms with Gasteiger partial charge in [0.05, 0.1) is 16.7 Å². The number of fused-ring (bicyclic) bond motifs is 2. The highest BCUT2D eigenvalue weighted by Crippen LogP contribution is 2.33. The zero-order valence-electron chi connectivity index (χ0n) is 12.8. The van der Waals surface area contributed by atoms with Crippen LogP contribution in [0.1, 0.15) is 6.92 Å². The van der Waals surface area contributed by atoms with Crippen LogP contribution in [-0.2, 0) is 9.59 Å². The molecule has 3 aromatic rings. The SMILES string of the molecule is CC1(C(=O)Nc2nc3ccccc3[nH]2)Oc2ccccc2NC1=O. The summed E-state index contributed by atoms with van der Waals surface area (Å²) in [6.07, 6.45) is 0. The molecule has 2 aromatic carbocycles. The molecule has 2 heterocycles. The van der Waals surface area contributed by atoms with Gasteiger partial charge in [-0.25, -0.2) is 4.98 Å². The molecule has 1 unspecified atom stereocenters. The van der Waals surface area contributed by atoms with Crippen LogP contribution in [0.5, 0.6) is 5.75 Å². The van der Waals surface area contributed by atoms with Crippen molar-refractivity contribution in [2.75, 3.05) is 10.6 Å². The molecule has 0 saturated carbocycles. The second-order valence-electron chi connectivity index (χ2n) is 5.64. The zero-order chi connectivity index (χ0) is 16.7. The fourth-order valence-corrected chi connectivity index (χ4v) is 2.56. The van der Waals surface area contributed by atoms with Gasteiger partial charge in [0.25, 0.3) is 17.4 Å². The van der Waals surface area contributed by atoms with E-state index in [0.717, 1.165) is 11.0 Å². The number of nitrogens with one attached hydrogen (secondary N) is 3. The molecule has 24 heavy (non-hydrogen) atoms. The number of hydrogen-bond donors (Lipinski definition) is 3. The summed E-state index contributed by atoms with van der Waals surface area (Å²) in [4.78, 5) is 32.2. The van der Waals surface area contributed by atoms with E-state index >= 15 is 0 Å². The van der Waals surface area contributed by atoms with E-state index in [1.807, 2.05) is 24.3 Å². The standard InChI is InChI=1S/C17H14N4O3/c1-17(14(22)18-12-8-4-5-9-13(12)24-17)15(23)21-16-19-10-6-2-3-7-11(10)20-16/h2-9H,1H3,(H,18,22)(H2,19,20,21,23). The molecule has 4 rings (SSSR count). The normalized spacial score (nSPS) is 19.3. The number of H-pyrrole nitrogens is 1. The number of aromatic amines is 1. The summed E-state index contributed by atoms with van der Waals surface area (Å²) >= 11 is 0. The first-order valence-electron chi connectivity index (χ1n) is 7.42. The molecular weight excluding hydrogens is 308 g/mol. The molecule has 1 aliphatic rings. The molecule has 2 amide bonds. The van der Waals surface area contributed by atoms with Crippen LogP contribution < -0.4 is 15.4 Å². The lowest BCUT2D eigenvalue weighted by Gasteiger charge is -2.32. The van der Waals surface area contributed by atoms with Crippen LogP contribution in [0, 0.1) is 0 Å². The second-order valence-corrected chi connectivity index (χ2v) is 5.64. The number of carbonyl (C=O) groups excluding carboxylic acids is 2. The largest absolute Gasteiger partial charge is 0.466 e. The number of anilines is 2. The Bertz CT molecular complexity index is 932. The number of rotatable bonds is 2. The van der Waals surface area contributed by atoms with Crippen molar-refractivity contribution in [3.8, 4) is 5.75 Å². The molecule has 0 radical (unpaired) electrons. The molecule has 0 bridgehead atoms. The molecular formula is C17H14N4O3. The third kappa shape index (κ3) is 2.18. The topological polar surface area (TPSA) is 96.1 Å². The van der Waals surface area contributed by atoms with Gasteiger partial charge in [-0.1, -0.05) is 24.3 Å². The number of ether oxygens (including phenoxy) is 1. The van der Waals surface area contributed by atoms with Gasteiger partial charge in [0.1, 0.15) is 5.75 Å². The zero-order valence-corrected chi connectivity index (χ0v) is 12.8. The predicted octanol–water partition coefficient (Wildman–Crippen LogP) is 2.29. The van der Waals surface area contributed by atoms with E-state index in [-0.39, 0.29) is 5.95 Å². The maximum absolute atomic E-state index is 12.6. The van der Waals surface area contributed by atoms with E-state index in [1.54, 1.807) is 24.3 Å². The summed E-state index contributed by atoms with van der Waals surface area (Å²) in [5.41, 5.74) is 0.360. The van der Waals surface area contributed by atoms with Gasteiger partial charge in [-0.15, -0.1) is 0 Å². The highest BCUT2D eigenvalue weighted by molar-refractivity contribution is 6.18. The lowest BCUT2D eigenvalue weighted by molar-refractivity contribution is -0.143. The Balaban J connectivity index is 1.62. The predicted molar refractivity (Wildman–Crippen MR) is 88.8 cm³/mol. The van der Waals surface area contributed by atoms with Crippen molar-refractivity contribution in [1.82, 2.24) is 9.97 Å². The van der Waals surface area contributed by atoms with Crippen LogP contribution >= 0.6 is 0 Å². The van der Waals surface area contributed by atoms with Crippen molar-refractivity contribution in [2.24, 2.45) is 0 Å². The van der Waals surface area contributed by atoms with Crippen molar-refractivity contribution in [3.05, 3.63) is 48.5 Å². The van der Waals surface area contributed by atoms with E-state index < -0.39 is 17.4 Å². The summed E-state index contributed by atoms with van der Waals surface area (Å²) in [5.74, 6) is -0.430. The minimum absolute atomic E-state index is 0.262. The summed E-state index contributed by atoms with van der Waals surface area (Å²) in [7, 11) is 0. The molecule has 0 aliphatic carbocycles. The van der Waals surface area contributed by atoms with E-state index in [1.165, 1.54) is 6.92 Å². The van der Waals surface area contributed by atoms with Gasteiger partial charge in [-0.2, -0.15) is 0 Å². The summed E-state index contributed by atoms with van der Waals surface area (Å²) in [6.45, 7) is 1.43. The maximum atomic E-state index is 12.6. The molecule has 1 aromatic heterocycles. The van der Waals surface area contributed by atoms with E-state index in [2.05, 4.69) is 20.6 Å². The second kappa shape index (κ2) is 5.09. The van der Waals surface area contributed by atoms with Crippen LogP contribution in [-0.4, -0.2) is 27.4 Å². The third-order valence-corrected chi connectivity index (χ3v) is 3.94. The Morgan fingerprint density at radius 1 is 1.17 bits per heavy atom. The van der Waals surface area contributed by atoms with Gasteiger partial charge < -0.3 is 15.0 Å². The smallest absolute Gasteiger partial charge is 0.280 e. The summed E-state index contributed by atoms with van der Waals surface area (Å²) < 4.78 is 5.67. The first kappa shape index (κ1) is 14.3. The Hall–Kier alpha value is -3.35. The number of benzene rings is 2. The molecule has 0 saturated heterocycles. The molecule has 3 N–H and O–H groups in total. The molecule has 0 spiro atoms. The van der Waals surface area contributed by atoms with E-state index in [0.29, 0.717) is 11.4 Å². The van der Waals surface area contributed by atoms with Gasteiger partial charge in [-0.05, 0) is 31.2 Å². The first-order valence-corrected chi connectivity index (χ1v) is 7.42.